The minimum atomic E-state index is -0.413. The van der Waals surface area contributed by atoms with Crippen molar-refractivity contribution < 1.29 is 9.53 Å². The number of aromatic nitrogens is 3. The van der Waals surface area contributed by atoms with Gasteiger partial charge in [-0.1, -0.05) is 13.3 Å². The number of pyridine rings is 1. The van der Waals surface area contributed by atoms with Gasteiger partial charge in [0.25, 0.3) is 5.56 Å². The normalized spacial score (nSPS) is 14.7. The summed E-state index contributed by atoms with van der Waals surface area (Å²) < 4.78 is 7.76. The third kappa shape index (κ3) is 3.79. The van der Waals surface area contributed by atoms with E-state index in [1.54, 1.807) is 18.1 Å². The molecular formula is C18H24N4O4S. The number of amides is 1. The number of hydrogen-bond donors (Lipinski definition) is 0. The van der Waals surface area contributed by atoms with Gasteiger partial charge in [-0.2, -0.15) is 0 Å². The van der Waals surface area contributed by atoms with Crippen LogP contribution in [0.15, 0.2) is 20.7 Å². The van der Waals surface area contributed by atoms with Crippen LogP contribution in [0.1, 0.15) is 18.9 Å². The maximum Gasteiger partial charge on any atom is 0.332 e. The molecule has 0 spiro atoms. The van der Waals surface area contributed by atoms with Gasteiger partial charge in [0, 0.05) is 38.3 Å². The van der Waals surface area contributed by atoms with Crippen LogP contribution in [0.2, 0.25) is 0 Å². The fourth-order valence-corrected chi connectivity index (χ4v) is 4.31. The highest BCUT2D eigenvalue weighted by atomic mass is 32.2. The summed E-state index contributed by atoms with van der Waals surface area (Å²) in [6.45, 7) is 4.34. The van der Waals surface area contributed by atoms with Crippen molar-refractivity contribution in [1.29, 1.82) is 0 Å². The summed E-state index contributed by atoms with van der Waals surface area (Å²) in [5.74, 6) is 0.263. The van der Waals surface area contributed by atoms with Gasteiger partial charge in [0.1, 0.15) is 5.65 Å². The summed E-state index contributed by atoms with van der Waals surface area (Å²) in [7, 11) is 3.06. The van der Waals surface area contributed by atoms with E-state index in [1.807, 2.05) is 0 Å². The van der Waals surface area contributed by atoms with Crippen LogP contribution in [0.4, 0.5) is 0 Å². The van der Waals surface area contributed by atoms with Crippen LogP contribution in [0, 0.1) is 0 Å². The lowest BCUT2D eigenvalue weighted by molar-refractivity contribution is -0.132. The minimum Gasteiger partial charge on any atom is -0.378 e. The summed E-state index contributed by atoms with van der Waals surface area (Å²) >= 11 is 1.35. The SMILES string of the molecule is CCCc1cnc2c(c1SCC(=O)N1CCOCC1)c(=O)n(C)c(=O)n2C. The second-order valence-corrected chi connectivity index (χ2v) is 7.53. The molecular weight excluding hydrogens is 368 g/mol. The van der Waals surface area contributed by atoms with Crippen molar-refractivity contribution in [3.63, 3.8) is 0 Å². The molecule has 2 aromatic rings. The average Bonchev–Trinajstić information content (AvgIpc) is 2.69. The first-order valence-corrected chi connectivity index (χ1v) is 10.00. The van der Waals surface area contributed by atoms with E-state index < -0.39 is 5.69 Å². The van der Waals surface area contributed by atoms with Crippen molar-refractivity contribution in [3.8, 4) is 0 Å². The standard InChI is InChI=1S/C18H24N4O4S/c1-4-5-12-10-19-16-14(17(24)21(3)18(25)20(16)2)15(12)27-11-13(23)22-6-8-26-9-7-22/h10H,4-9,11H2,1-3H3. The fourth-order valence-electron chi connectivity index (χ4n) is 3.19. The van der Waals surface area contributed by atoms with Crippen molar-refractivity contribution in [1.82, 2.24) is 19.0 Å². The maximum atomic E-state index is 12.8. The second-order valence-electron chi connectivity index (χ2n) is 6.55. The third-order valence-electron chi connectivity index (χ3n) is 4.72. The van der Waals surface area contributed by atoms with Crippen molar-refractivity contribution in [3.05, 3.63) is 32.6 Å². The van der Waals surface area contributed by atoms with Crippen LogP contribution < -0.4 is 11.2 Å². The zero-order valence-corrected chi connectivity index (χ0v) is 16.7. The van der Waals surface area contributed by atoms with Crippen molar-refractivity contribution in [2.75, 3.05) is 32.1 Å². The summed E-state index contributed by atoms with van der Waals surface area (Å²) in [5.41, 5.74) is 0.494. The van der Waals surface area contributed by atoms with Crippen molar-refractivity contribution in [2.45, 2.75) is 24.7 Å². The van der Waals surface area contributed by atoms with Crippen LogP contribution >= 0.6 is 11.8 Å². The molecule has 1 aliphatic heterocycles. The van der Waals surface area contributed by atoms with Gasteiger partial charge in [-0.3, -0.25) is 18.7 Å². The highest BCUT2D eigenvalue weighted by molar-refractivity contribution is 8.00. The van der Waals surface area contributed by atoms with Crippen LogP contribution in [0.25, 0.3) is 11.0 Å². The van der Waals surface area contributed by atoms with Gasteiger partial charge in [-0.05, 0) is 12.0 Å². The number of nitrogens with zero attached hydrogens (tertiary/aromatic N) is 4. The number of rotatable bonds is 5. The molecule has 0 atom stereocenters. The highest BCUT2D eigenvalue weighted by Crippen LogP contribution is 2.29. The van der Waals surface area contributed by atoms with Gasteiger partial charge >= 0.3 is 5.69 Å². The summed E-state index contributed by atoms with van der Waals surface area (Å²) in [4.78, 5) is 44.5. The molecule has 1 amide bonds. The minimum absolute atomic E-state index is 0.0253. The molecule has 1 aliphatic rings. The molecule has 1 saturated heterocycles. The number of carbonyl (C=O) groups excluding carboxylic acids is 1. The largest absolute Gasteiger partial charge is 0.378 e. The topological polar surface area (TPSA) is 86.4 Å². The number of carbonyl (C=O) groups is 1. The molecule has 146 valence electrons. The lowest BCUT2D eigenvalue weighted by Crippen LogP contribution is -2.41. The third-order valence-corrected chi connectivity index (χ3v) is 5.86. The maximum absolute atomic E-state index is 12.8. The Bertz CT molecular complexity index is 976. The number of morpholine rings is 1. The number of hydrogen-bond acceptors (Lipinski definition) is 6. The first-order valence-electron chi connectivity index (χ1n) is 9.01. The lowest BCUT2D eigenvalue weighted by Gasteiger charge is -2.26. The van der Waals surface area contributed by atoms with Gasteiger partial charge in [0.15, 0.2) is 0 Å². The first kappa shape index (κ1) is 19.6. The summed E-state index contributed by atoms with van der Waals surface area (Å²) in [6.07, 6.45) is 3.36. The lowest BCUT2D eigenvalue weighted by atomic mass is 10.1. The average molecular weight is 392 g/mol. The number of fused-ring (bicyclic) bond motifs is 1. The van der Waals surface area contributed by atoms with Gasteiger partial charge in [-0.25, -0.2) is 9.78 Å². The van der Waals surface area contributed by atoms with Crippen LogP contribution in [-0.2, 0) is 30.0 Å². The zero-order chi connectivity index (χ0) is 19.6. The van der Waals surface area contributed by atoms with Crippen LogP contribution in [0.5, 0.6) is 0 Å². The quantitative estimate of drug-likeness (QED) is 0.690. The van der Waals surface area contributed by atoms with Gasteiger partial charge < -0.3 is 9.64 Å². The molecule has 1 fully saturated rings. The predicted molar refractivity (Wildman–Crippen MR) is 104 cm³/mol. The predicted octanol–water partition coefficient (Wildman–Crippen LogP) is 0.536. The zero-order valence-electron chi connectivity index (χ0n) is 15.9. The van der Waals surface area contributed by atoms with Crippen LogP contribution in [-0.4, -0.2) is 57.0 Å². The molecule has 0 aliphatic carbocycles. The Morgan fingerprint density at radius 2 is 1.93 bits per heavy atom. The number of thioether (sulfide) groups is 1. The summed E-state index contributed by atoms with van der Waals surface area (Å²) in [5, 5.41) is 0.408. The molecule has 3 heterocycles. The van der Waals surface area contributed by atoms with Crippen molar-refractivity contribution >= 4 is 28.7 Å². The van der Waals surface area contributed by atoms with E-state index in [1.165, 1.54) is 23.4 Å². The number of ether oxygens (including phenoxy) is 1. The Morgan fingerprint density at radius 1 is 1.22 bits per heavy atom. The van der Waals surface area contributed by atoms with E-state index >= 15 is 0 Å². The van der Waals surface area contributed by atoms with Crippen molar-refractivity contribution in [2.24, 2.45) is 14.1 Å². The molecule has 27 heavy (non-hydrogen) atoms. The molecule has 3 rings (SSSR count). The monoisotopic (exact) mass is 392 g/mol. The first-order chi connectivity index (χ1) is 13.0. The molecule has 0 N–H and O–H groups in total. The van der Waals surface area contributed by atoms with E-state index in [0.717, 1.165) is 27.9 Å². The van der Waals surface area contributed by atoms with E-state index in [-0.39, 0.29) is 17.2 Å². The Hall–Kier alpha value is -2.13. The van der Waals surface area contributed by atoms with E-state index in [2.05, 4.69) is 11.9 Å². The molecule has 0 saturated carbocycles. The van der Waals surface area contributed by atoms with Gasteiger partial charge in [0.2, 0.25) is 5.91 Å². The smallest absolute Gasteiger partial charge is 0.332 e. The Kier molecular flexibility index (Phi) is 6.01. The van der Waals surface area contributed by atoms with Gasteiger partial charge in [-0.15, -0.1) is 11.8 Å². The van der Waals surface area contributed by atoms with E-state index in [0.29, 0.717) is 37.3 Å². The Labute approximate surface area is 161 Å². The number of aryl methyl sites for hydroxylation is 2. The van der Waals surface area contributed by atoms with E-state index in [9.17, 15) is 14.4 Å². The molecule has 0 aromatic carbocycles. The van der Waals surface area contributed by atoms with Crippen LogP contribution in [0.3, 0.4) is 0 Å². The van der Waals surface area contributed by atoms with E-state index in [4.69, 9.17) is 4.74 Å². The summed E-state index contributed by atoms with van der Waals surface area (Å²) in [6, 6.07) is 0. The second kappa shape index (κ2) is 8.26. The molecule has 8 nitrogen and oxygen atoms in total. The molecule has 2 aromatic heterocycles. The molecule has 0 unspecified atom stereocenters. The molecule has 0 bridgehead atoms. The Balaban J connectivity index is 2.03. The van der Waals surface area contributed by atoms with Gasteiger partial charge in [0.05, 0.1) is 24.4 Å². The Morgan fingerprint density at radius 3 is 2.59 bits per heavy atom. The molecule has 0 radical (unpaired) electrons. The fraction of sp³-hybridized carbons (Fsp3) is 0.556. The highest BCUT2D eigenvalue weighted by Gasteiger charge is 2.21. The molecule has 9 heteroatoms.